The van der Waals surface area contributed by atoms with Crippen LogP contribution in [0.25, 0.3) is 11.3 Å². The van der Waals surface area contributed by atoms with E-state index in [1.165, 1.54) is 17.1 Å². The Labute approximate surface area is 161 Å². The van der Waals surface area contributed by atoms with E-state index in [9.17, 15) is 23.1 Å². The van der Waals surface area contributed by atoms with Gasteiger partial charge in [-0.3, -0.25) is 9.67 Å². The van der Waals surface area contributed by atoms with Gasteiger partial charge in [-0.2, -0.15) is 18.3 Å². The number of nitrogens with zero attached hydrogens (tertiary/aromatic N) is 5. The minimum atomic E-state index is -4.59. The summed E-state index contributed by atoms with van der Waals surface area (Å²) in [6, 6.07) is 3.94. The highest BCUT2D eigenvalue weighted by molar-refractivity contribution is 5.71. The third kappa shape index (κ3) is 5.04. The van der Waals surface area contributed by atoms with Crippen LogP contribution in [0.5, 0.6) is 0 Å². The highest BCUT2D eigenvalue weighted by atomic mass is 19.4. The van der Waals surface area contributed by atoms with E-state index in [4.69, 9.17) is 5.11 Å². The molecule has 0 spiro atoms. The summed E-state index contributed by atoms with van der Waals surface area (Å²) in [7, 11) is 0. The fraction of sp³-hybridized carbons (Fsp3) is 0.235. The largest absolute Gasteiger partial charge is 0.479 e. The van der Waals surface area contributed by atoms with E-state index in [0.29, 0.717) is 22.6 Å². The van der Waals surface area contributed by atoms with Gasteiger partial charge in [0.15, 0.2) is 6.10 Å². The molecular weight excluding hydrogens is 393 g/mol. The number of aromatic nitrogens is 5. The van der Waals surface area contributed by atoms with Crippen molar-refractivity contribution in [2.75, 3.05) is 5.32 Å². The molecular formula is C17H15F3N6O3. The number of aliphatic hydroxyl groups excluding tert-OH is 1. The molecule has 29 heavy (non-hydrogen) atoms. The number of carboxylic acid groups (broad SMARTS) is 1. The number of aliphatic hydroxyl groups is 1. The van der Waals surface area contributed by atoms with Crippen molar-refractivity contribution >= 4 is 17.6 Å². The fourth-order valence-corrected chi connectivity index (χ4v) is 2.45. The van der Waals surface area contributed by atoms with Gasteiger partial charge in [0, 0.05) is 29.3 Å². The van der Waals surface area contributed by atoms with Gasteiger partial charge in [0.25, 0.3) is 0 Å². The van der Waals surface area contributed by atoms with Crippen LogP contribution < -0.4 is 5.32 Å². The van der Waals surface area contributed by atoms with Crippen LogP contribution in [0.15, 0.2) is 36.8 Å². The van der Waals surface area contributed by atoms with Crippen LogP contribution >= 0.6 is 0 Å². The highest BCUT2D eigenvalue weighted by Crippen LogP contribution is 2.28. The first-order chi connectivity index (χ1) is 13.6. The smallest absolute Gasteiger partial charge is 0.433 e. The molecule has 12 heteroatoms. The van der Waals surface area contributed by atoms with E-state index < -0.39 is 23.9 Å². The number of aliphatic carboxylic acids is 1. The van der Waals surface area contributed by atoms with E-state index in [1.807, 2.05) is 0 Å². The number of hydrogen-bond donors (Lipinski definition) is 3. The summed E-state index contributed by atoms with van der Waals surface area (Å²) >= 11 is 0. The summed E-state index contributed by atoms with van der Waals surface area (Å²) in [6.45, 7) is 1.45. The zero-order chi connectivity index (χ0) is 21.2. The third-order valence-electron chi connectivity index (χ3n) is 3.73. The zero-order valence-electron chi connectivity index (χ0n) is 14.9. The molecule has 3 aromatic heterocycles. The molecule has 0 saturated carbocycles. The monoisotopic (exact) mass is 408 g/mol. The van der Waals surface area contributed by atoms with Gasteiger partial charge in [-0.15, -0.1) is 0 Å². The summed E-state index contributed by atoms with van der Waals surface area (Å²) in [5.41, 5.74) is 0.870. The number of aryl methyl sites for hydroxylation is 1. The first-order valence-electron chi connectivity index (χ1n) is 8.21. The van der Waals surface area contributed by atoms with Crippen molar-refractivity contribution in [2.45, 2.75) is 25.7 Å². The normalized spacial score (nSPS) is 12.6. The predicted molar refractivity (Wildman–Crippen MR) is 94.2 cm³/mol. The maximum Gasteiger partial charge on any atom is 0.433 e. The second kappa shape index (κ2) is 7.83. The molecule has 152 valence electrons. The molecule has 0 aliphatic carbocycles. The van der Waals surface area contributed by atoms with Gasteiger partial charge in [0.05, 0.1) is 18.4 Å². The SMILES string of the molecule is Cc1cc(Nc2nccc(C(F)(F)F)n2)cc(-c2cnn(C[C@H](O)C(=O)O)c2)n1. The van der Waals surface area contributed by atoms with Crippen LogP contribution in [0.4, 0.5) is 24.8 Å². The first-order valence-corrected chi connectivity index (χ1v) is 8.21. The van der Waals surface area contributed by atoms with E-state index in [1.54, 1.807) is 19.1 Å². The van der Waals surface area contributed by atoms with E-state index in [-0.39, 0.29) is 12.5 Å². The van der Waals surface area contributed by atoms with Crippen molar-refractivity contribution in [2.24, 2.45) is 0 Å². The van der Waals surface area contributed by atoms with E-state index in [0.717, 1.165) is 12.3 Å². The lowest BCUT2D eigenvalue weighted by atomic mass is 10.2. The predicted octanol–water partition coefficient (Wildman–Crippen LogP) is 2.25. The van der Waals surface area contributed by atoms with Crippen molar-refractivity contribution in [3.63, 3.8) is 0 Å². The number of anilines is 2. The maximum atomic E-state index is 12.8. The number of nitrogens with one attached hydrogen (secondary N) is 1. The van der Waals surface area contributed by atoms with Crippen molar-refractivity contribution in [1.29, 1.82) is 0 Å². The van der Waals surface area contributed by atoms with Gasteiger partial charge >= 0.3 is 12.1 Å². The van der Waals surface area contributed by atoms with Gasteiger partial charge in [0.1, 0.15) is 5.69 Å². The molecule has 0 bridgehead atoms. The topological polar surface area (TPSA) is 126 Å². The Bertz CT molecular complexity index is 1040. The lowest BCUT2D eigenvalue weighted by Gasteiger charge is -2.10. The average molecular weight is 408 g/mol. The van der Waals surface area contributed by atoms with Crippen LogP contribution in [-0.2, 0) is 17.5 Å². The van der Waals surface area contributed by atoms with Crippen LogP contribution in [-0.4, -0.2) is 47.0 Å². The minimum absolute atomic E-state index is 0.225. The molecule has 3 aromatic rings. The van der Waals surface area contributed by atoms with Crippen molar-refractivity contribution in [3.8, 4) is 11.3 Å². The lowest BCUT2D eigenvalue weighted by Crippen LogP contribution is -2.25. The van der Waals surface area contributed by atoms with Crippen LogP contribution in [0, 0.1) is 6.92 Å². The standard InChI is InChI=1S/C17H15F3N6O3/c1-9-4-11(24-16-21-3-2-14(25-16)17(18,19)20)5-12(23-9)10-6-22-26(7-10)8-13(27)15(28)29/h2-7,13,27H,8H2,1H3,(H,28,29)(H,21,23,24,25)/t13-/m0/s1. The van der Waals surface area contributed by atoms with Gasteiger partial charge < -0.3 is 15.5 Å². The van der Waals surface area contributed by atoms with Gasteiger partial charge in [-0.05, 0) is 25.1 Å². The minimum Gasteiger partial charge on any atom is -0.479 e. The Morgan fingerprint density at radius 2 is 2.07 bits per heavy atom. The first kappa shape index (κ1) is 20.2. The van der Waals surface area contributed by atoms with Crippen LogP contribution in [0.2, 0.25) is 0 Å². The Morgan fingerprint density at radius 3 is 2.76 bits per heavy atom. The Balaban J connectivity index is 1.84. The number of hydrogen-bond acceptors (Lipinski definition) is 7. The molecule has 0 radical (unpaired) electrons. The third-order valence-corrected chi connectivity index (χ3v) is 3.73. The van der Waals surface area contributed by atoms with Crippen LogP contribution in [0.1, 0.15) is 11.4 Å². The number of carbonyl (C=O) groups is 1. The highest BCUT2D eigenvalue weighted by Gasteiger charge is 2.32. The van der Waals surface area contributed by atoms with Crippen molar-refractivity contribution < 1.29 is 28.2 Å². The molecule has 0 unspecified atom stereocenters. The molecule has 0 amide bonds. The number of carboxylic acids is 1. The molecule has 0 fully saturated rings. The molecule has 0 aliphatic rings. The molecule has 3 N–H and O–H groups in total. The number of pyridine rings is 1. The quantitative estimate of drug-likeness (QED) is 0.567. The maximum absolute atomic E-state index is 12.8. The van der Waals surface area contributed by atoms with Crippen molar-refractivity contribution in [3.05, 3.63) is 48.2 Å². The summed E-state index contributed by atoms with van der Waals surface area (Å²) in [5, 5.41) is 24.9. The van der Waals surface area contributed by atoms with Gasteiger partial charge in [-0.25, -0.2) is 14.8 Å². The van der Waals surface area contributed by atoms with E-state index in [2.05, 4.69) is 25.4 Å². The molecule has 3 heterocycles. The lowest BCUT2D eigenvalue weighted by molar-refractivity contribution is -0.147. The molecule has 9 nitrogen and oxygen atoms in total. The number of alkyl halides is 3. The van der Waals surface area contributed by atoms with Crippen LogP contribution in [0.3, 0.4) is 0 Å². The second-order valence-corrected chi connectivity index (χ2v) is 6.08. The summed E-state index contributed by atoms with van der Waals surface area (Å²) in [6.07, 6.45) is -2.26. The Morgan fingerprint density at radius 1 is 1.31 bits per heavy atom. The number of halogens is 3. The summed E-state index contributed by atoms with van der Waals surface area (Å²) in [4.78, 5) is 22.3. The van der Waals surface area contributed by atoms with Gasteiger partial charge in [-0.1, -0.05) is 0 Å². The van der Waals surface area contributed by atoms with Gasteiger partial charge in [0.2, 0.25) is 5.95 Å². The zero-order valence-corrected chi connectivity index (χ0v) is 14.9. The molecule has 0 aromatic carbocycles. The molecule has 1 atom stereocenters. The molecule has 0 aliphatic heterocycles. The average Bonchev–Trinajstić information content (AvgIpc) is 3.09. The second-order valence-electron chi connectivity index (χ2n) is 6.08. The summed E-state index contributed by atoms with van der Waals surface area (Å²) in [5.74, 6) is -1.60. The summed E-state index contributed by atoms with van der Waals surface area (Å²) < 4.78 is 39.7. The van der Waals surface area contributed by atoms with E-state index >= 15 is 0 Å². The Kier molecular flexibility index (Phi) is 5.46. The Hall–Kier alpha value is -3.54. The molecule has 0 saturated heterocycles. The number of rotatable bonds is 6. The fourth-order valence-electron chi connectivity index (χ4n) is 2.45. The molecule has 3 rings (SSSR count). The van der Waals surface area contributed by atoms with Crippen molar-refractivity contribution in [1.82, 2.24) is 24.7 Å².